The molecule has 0 bridgehead atoms. The Kier molecular flexibility index (Phi) is 15.5. The third-order valence-corrected chi connectivity index (χ3v) is 7.75. The standard InChI is InChI=1S/3C12HF9.BH3/c3*13-3-1-2(5(14)9(18)6(3)15)4-7(16)10(19)12(21)11(20)8(4)17;/h3*1H;1H3. The fourth-order valence-electron chi connectivity index (χ4n) is 4.79. The lowest BCUT2D eigenvalue weighted by Crippen LogP contribution is -2.07. The van der Waals surface area contributed by atoms with Crippen LogP contribution in [0.3, 0.4) is 0 Å². The molecule has 0 unspecified atom stereocenters. The molecule has 0 amide bonds. The second-order valence-electron chi connectivity index (χ2n) is 11.4. The lowest BCUT2D eigenvalue weighted by atomic mass is 10.0. The Labute approximate surface area is 336 Å². The van der Waals surface area contributed by atoms with Gasteiger partial charge in [0.15, 0.2) is 140 Å². The zero-order valence-corrected chi connectivity index (χ0v) is 28.4. The maximum atomic E-state index is 13.4. The van der Waals surface area contributed by atoms with E-state index < -0.39 is 190 Å². The van der Waals surface area contributed by atoms with Gasteiger partial charge in [0.25, 0.3) is 0 Å². The molecule has 0 aliphatic carbocycles. The Hall–Kier alpha value is -6.51. The second-order valence-corrected chi connectivity index (χ2v) is 11.4. The zero-order chi connectivity index (χ0) is 48.2. The van der Waals surface area contributed by atoms with Gasteiger partial charge in [0, 0.05) is 16.7 Å². The van der Waals surface area contributed by atoms with E-state index in [9.17, 15) is 119 Å². The number of rotatable bonds is 3. The Morgan fingerprint density at radius 1 is 0.156 bits per heavy atom. The largest absolute Gasteiger partial charge is 0.204 e. The van der Waals surface area contributed by atoms with Gasteiger partial charge in [-0.15, -0.1) is 0 Å². The maximum Gasteiger partial charge on any atom is 0.200 e. The van der Waals surface area contributed by atoms with Crippen molar-refractivity contribution in [2.45, 2.75) is 0 Å². The molecule has 0 saturated heterocycles. The zero-order valence-electron chi connectivity index (χ0n) is 28.4. The van der Waals surface area contributed by atoms with Crippen LogP contribution in [-0.2, 0) is 0 Å². The summed E-state index contributed by atoms with van der Waals surface area (Å²) in [5.74, 6) is -64.5. The monoisotopic (exact) mass is 962 g/mol. The molecule has 6 aromatic carbocycles. The van der Waals surface area contributed by atoms with E-state index in [0.717, 1.165) is 0 Å². The molecule has 0 N–H and O–H groups in total. The van der Waals surface area contributed by atoms with Gasteiger partial charge < -0.3 is 0 Å². The molecular formula is C36H6BF27. The third kappa shape index (κ3) is 8.72. The lowest BCUT2D eigenvalue weighted by molar-refractivity contribution is 0.379. The van der Waals surface area contributed by atoms with Gasteiger partial charge in [-0.05, 0) is 18.2 Å². The van der Waals surface area contributed by atoms with E-state index in [2.05, 4.69) is 0 Å². The second kappa shape index (κ2) is 19.1. The van der Waals surface area contributed by atoms with Gasteiger partial charge in [0.1, 0.15) is 0 Å². The molecule has 0 aliphatic heterocycles. The minimum atomic E-state index is -2.53. The van der Waals surface area contributed by atoms with Crippen molar-refractivity contribution in [2.24, 2.45) is 0 Å². The van der Waals surface area contributed by atoms with E-state index in [-0.39, 0.29) is 26.6 Å². The van der Waals surface area contributed by atoms with Gasteiger partial charge in [-0.25, -0.2) is 119 Å². The molecule has 0 radical (unpaired) electrons. The van der Waals surface area contributed by atoms with Gasteiger partial charge in [-0.1, -0.05) is 0 Å². The predicted octanol–water partition coefficient (Wildman–Crippen LogP) is 12.6. The minimum Gasteiger partial charge on any atom is -0.204 e. The van der Waals surface area contributed by atoms with Gasteiger partial charge in [-0.2, -0.15) is 0 Å². The highest BCUT2D eigenvalue weighted by atomic mass is 19.2. The third-order valence-electron chi connectivity index (χ3n) is 7.75. The molecule has 0 heterocycles. The van der Waals surface area contributed by atoms with E-state index in [1.54, 1.807) is 0 Å². The number of hydrogen-bond donors (Lipinski definition) is 0. The van der Waals surface area contributed by atoms with E-state index in [1.807, 2.05) is 0 Å². The molecule has 28 heteroatoms. The molecule has 0 fully saturated rings. The Morgan fingerprint density at radius 3 is 0.438 bits per heavy atom. The number of benzene rings is 6. The van der Waals surface area contributed by atoms with Crippen molar-refractivity contribution in [3.05, 3.63) is 175 Å². The first kappa shape index (κ1) is 51.8. The quantitative estimate of drug-likeness (QED) is 0.0718. The van der Waals surface area contributed by atoms with Gasteiger partial charge in [0.05, 0.1) is 25.1 Å². The van der Waals surface area contributed by atoms with Crippen molar-refractivity contribution in [1.29, 1.82) is 0 Å². The Bertz CT molecular complexity index is 2480. The number of hydrogen-bond acceptors (Lipinski definition) is 0. The molecule has 6 aromatic rings. The van der Waals surface area contributed by atoms with E-state index in [1.165, 1.54) is 0 Å². The molecular weight excluding hydrogens is 956 g/mol. The van der Waals surface area contributed by atoms with Gasteiger partial charge in [0.2, 0.25) is 17.5 Å². The van der Waals surface area contributed by atoms with Crippen LogP contribution >= 0.6 is 0 Å². The summed E-state index contributed by atoms with van der Waals surface area (Å²) in [5.41, 5.74) is -10.6. The minimum absolute atomic E-state index is 0. The molecule has 0 atom stereocenters. The first-order valence-corrected chi connectivity index (χ1v) is 15.1. The fraction of sp³-hybridized carbons (Fsp3) is 0. The number of halogens is 27. The van der Waals surface area contributed by atoms with E-state index >= 15 is 0 Å². The summed E-state index contributed by atoms with van der Waals surface area (Å²) in [6, 6.07) is -0.649. The van der Waals surface area contributed by atoms with Crippen molar-refractivity contribution in [3.63, 3.8) is 0 Å². The lowest BCUT2D eigenvalue weighted by Gasteiger charge is -2.10. The normalized spacial score (nSPS) is 10.9. The average molecular weight is 962 g/mol. The van der Waals surface area contributed by atoms with Crippen molar-refractivity contribution >= 4 is 8.41 Å². The van der Waals surface area contributed by atoms with Crippen LogP contribution in [0.25, 0.3) is 33.4 Å². The van der Waals surface area contributed by atoms with Crippen LogP contribution in [0.2, 0.25) is 0 Å². The molecule has 0 spiro atoms. The van der Waals surface area contributed by atoms with Crippen LogP contribution < -0.4 is 0 Å². The Morgan fingerprint density at radius 2 is 0.281 bits per heavy atom. The van der Waals surface area contributed by atoms with Crippen LogP contribution in [0.15, 0.2) is 18.2 Å². The molecule has 6 rings (SSSR count). The highest BCUT2D eigenvalue weighted by Crippen LogP contribution is 2.38. The van der Waals surface area contributed by atoms with E-state index in [0.29, 0.717) is 0 Å². The first-order valence-electron chi connectivity index (χ1n) is 15.1. The van der Waals surface area contributed by atoms with Gasteiger partial charge >= 0.3 is 0 Å². The highest BCUT2D eigenvalue weighted by Gasteiger charge is 2.34. The van der Waals surface area contributed by atoms with Crippen LogP contribution in [-0.4, -0.2) is 8.41 Å². The summed E-state index contributed by atoms with van der Waals surface area (Å²) in [4.78, 5) is 0. The summed E-state index contributed by atoms with van der Waals surface area (Å²) in [6.45, 7) is 0. The highest BCUT2D eigenvalue weighted by molar-refractivity contribution is 5.75. The average Bonchev–Trinajstić information content (AvgIpc) is 3.25. The summed E-state index contributed by atoms with van der Waals surface area (Å²) in [5, 5.41) is 0. The summed E-state index contributed by atoms with van der Waals surface area (Å²) < 4.78 is 353. The molecule has 0 aromatic heterocycles. The fourth-order valence-corrected chi connectivity index (χ4v) is 4.79. The molecule has 0 nitrogen and oxygen atoms in total. The van der Waals surface area contributed by atoms with Gasteiger partial charge in [-0.3, -0.25) is 0 Å². The van der Waals surface area contributed by atoms with Crippen LogP contribution in [0, 0.1) is 157 Å². The van der Waals surface area contributed by atoms with Crippen molar-refractivity contribution in [1.82, 2.24) is 0 Å². The summed E-state index contributed by atoms with van der Waals surface area (Å²) >= 11 is 0. The Balaban J connectivity index is 0.000000253. The van der Waals surface area contributed by atoms with Crippen molar-refractivity contribution in [3.8, 4) is 33.4 Å². The SMILES string of the molecule is B.Fc1cc(-c2c(F)c(F)c(F)c(F)c2F)c(F)c(F)c1F.Fc1cc(-c2c(F)c(F)c(F)c(F)c2F)c(F)c(F)c1F.Fc1cc(-c2c(F)c(F)c(F)c(F)c2F)c(F)c(F)c1F. The van der Waals surface area contributed by atoms with Crippen molar-refractivity contribution in [2.75, 3.05) is 0 Å². The van der Waals surface area contributed by atoms with Crippen LogP contribution in [0.5, 0.6) is 0 Å². The molecule has 0 saturated carbocycles. The smallest absolute Gasteiger partial charge is 0.200 e. The topological polar surface area (TPSA) is 0 Å². The molecule has 0 aliphatic rings. The first-order chi connectivity index (χ1) is 29.0. The maximum absolute atomic E-state index is 13.4. The van der Waals surface area contributed by atoms with E-state index in [4.69, 9.17) is 0 Å². The molecule has 342 valence electrons. The molecule has 64 heavy (non-hydrogen) atoms. The van der Waals surface area contributed by atoms with Crippen LogP contribution in [0.4, 0.5) is 119 Å². The van der Waals surface area contributed by atoms with Crippen molar-refractivity contribution < 1.29 is 119 Å². The summed E-state index contributed by atoms with van der Waals surface area (Å²) in [7, 11) is 0. The summed E-state index contributed by atoms with van der Waals surface area (Å²) in [6.07, 6.45) is 0. The van der Waals surface area contributed by atoms with Crippen LogP contribution in [0.1, 0.15) is 0 Å². The predicted molar refractivity (Wildman–Crippen MR) is 164 cm³/mol.